The van der Waals surface area contributed by atoms with Crippen molar-refractivity contribution in [1.29, 1.82) is 0 Å². The van der Waals surface area contributed by atoms with Gasteiger partial charge in [0.25, 0.3) is 5.91 Å². The van der Waals surface area contributed by atoms with E-state index in [0.29, 0.717) is 11.4 Å². The fourth-order valence-electron chi connectivity index (χ4n) is 1.79. The lowest BCUT2D eigenvalue weighted by atomic mass is 10.2. The number of carbonyl (C=O) groups excluding carboxylic acids is 1. The number of carbonyl (C=O) groups is 1. The third kappa shape index (κ3) is 3.54. The maximum absolute atomic E-state index is 12.3. The van der Waals surface area contributed by atoms with Crippen molar-refractivity contribution in [3.63, 3.8) is 0 Å². The molecule has 0 saturated carbocycles. The van der Waals surface area contributed by atoms with Crippen LogP contribution >= 0.6 is 0 Å². The number of aromatic nitrogens is 2. The largest absolute Gasteiger partial charge is 0.383 e. The van der Waals surface area contributed by atoms with Gasteiger partial charge in [0.15, 0.2) is 0 Å². The van der Waals surface area contributed by atoms with E-state index in [9.17, 15) is 4.79 Å². The lowest BCUT2D eigenvalue weighted by molar-refractivity contribution is 0.102. The van der Waals surface area contributed by atoms with Crippen LogP contribution in [-0.2, 0) is 0 Å². The minimum Gasteiger partial charge on any atom is -0.383 e. The van der Waals surface area contributed by atoms with Gasteiger partial charge in [-0.25, -0.2) is 4.98 Å². The first-order valence-corrected chi connectivity index (χ1v) is 6.63. The number of aryl methyl sites for hydroxylation is 1. The van der Waals surface area contributed by atoms with Gasteiger partial charge in [0.1, 0.15) is 5.82 Å². The molecule has 0 aromatic carbocycles. The summed E-state index contributed by atoms with van der Waals surface area (Å²) >= 11 is 0. The van der Waals surface area contributed by atoms with E-state index in [-0.39, 0.29) is 5.91 Å². The van der Waals surface area contributed by atoms with Gasteiger partial charge in [-0.15, -0.1) is 0 Å². The number of amides is 1. The molecule has 5 heteroatoms. The molecule has 0 saturated heterocycles. The van der Waals surface area contributed by atoms with E-state index >= 15 is 0 Å². The van der Waals surface area contributed by atoms with Crippen molar-refractivity contribution in [2.45, 2.75) is 20.3 Å². The van der Waals surface area contributed by atoms with Crippen molar-refractivity contribution in [2.24, 2.45) is 0 Å². The Hall–Kier alpha value is -2.43. The van der Waals surface area contributed by atoms with Gasteiger partial charge in [-0.1, -0.05) is 13.0 Å². The predicted molar refractivity (Wildman–Crippen MR) is 79.9 cm³/mol. The average Bonchev–Trinajstić information content (AvgIpc) is 2.45. The normalized spacial score (nSPS) is 10.1. The van der Waals surface area contributed by atoms with Gasteiger partial charge in [-0.2, -0.15) is 0 Å². The standard InChI is InChI=1S/C15H18N4O/c1-3-8-17-13-10-16-9-7-12(13)15(20)19-14-6-4-5-11(2)18-14/h4-7,9-10,17H,3,8H2,1-2H3,(H,18,19,20). The molecule has 2 N–H and O–H groups in total. The van der Waals surface area contributed by atoms with Gasteiger partial charge in [0, 0.05) is 18.4 Å². The van der Waals surface area contributed by atoms with E-state index in [1.165, 1.54) is 0 Å². The summed E-state index contributed by atoms with van der Waals surface area (Å²) in [4.78, 5) is 20.6. The molecular weight excluding hydrogens is 252 g/mol. The maximum Gasteiger partial charge on any atom is 0.259 e. The molecule has 5 nitrogen and oxygen atoms in total. The van der Waals surface area contributed by atoms with Crippen LogP contribution in [0.1, 0.15) is 29.4 Å². The average molecular weight is 270 g/mol. The molecule has 2 aromatic heterocycles. The molecular formula is C15H18N4O. The smallest absolute Gasteiger partial charge is 0.259 e. The molecule has 104 valence electrons. The minimum atomic E-state index is -0.191. The van der Waals surface area contributed by atoms with E-state index < -0.39 is 0 Å². The molecule has 0 aliphatic carbocycles. The molecule has 0 atom stereocenters. The van der Waals surface area contributed by atoms with Crippen LogP contribution in [0.2, 0.25) is 0 Å². The molecule has 2 rings (SSSR count). The summed E-state index contributed by atoms with van der Waals surface area (Å²) in [6.07, 6.45) is 4.25. The Labute approximate surface area is 118 Å². The summed E-state index contributed by atoms with van der Waals surface area (Å²) in [7, 11) is 0. The SMILES string of the molecule is CCCNc1cnccc1C(=O)Nc1cccc(C)n1. The Kier molecular flexibility index (Phi) is 4.65. The van der Waals surface area contributed by atoms with Gasteiger partial charge in [0.2, 0.25) is 0 Å². The highest BCUT2D eigenvalue weighted by Crippen LogP contribution is 2.15. The Morgan fingerprint density at radius 3 is 2.90 bits per heavy atom. The maximum atomic E-state index is 12.3. The van der Waals surface area contributed by atoms with E-state index in [1.807, 2.05) is 19.1 Å². The van der Waals surface area contributed by atoms with Gasteiger partial charge < -0.3 is 10.6 Å². The van der Waals surface area contributed by atoms with Gasteiger partial charge >= 0.3 is 0 Å². The van der Waals surface area contributed by atoms with E-state index in [2.05, 4.69) is 27.5 Å². The highest BCUT2D eigenvalue weighted by Gasteiger charge is 2.11. The molecule has 0 radical (unpaired) electrons. The highest BCUT2D eigenvalue weighted by molar-refractivity contribution is 6.07. The molecule has 2 aromatic rings. The number of hydrogen-bond donors (Lipinski definition) is 2. The fourth-order valence-corrected chi connectivity index (χ4v) is 1.79. The Bertz CT molecular complexity index is 598. The molecule has 0 aliphatic rings. The minimum absolute atomic E-state index is 0.191. The lowest BCUT2D eigenvalue weighted by Crippen LogP contribution is -2.16. The number of hydrogen-bond acceptors (Lipinski definition) is 4. The lowest BCUT2D eigenvalue weighted by Gasteiger charge is -2.11. The zero-order chi connectivity index (χ0) is 14.4. The molecule has 0 fully saturated rings. The Morgan fingerprint density at radius 1 is 1.30 bits per heavy atom. The third-order valence-electron chi connectivity index (χ3n) is 2.76. The van der Waals surface area contributed by atoms with Crippen molar-refractivity contribution in [2.75, 3.05) is 17.2 Å². The van der Waals surface area contributed by atoms with Crippen LogP contribution in [0.25, 0.3) is 0 Å². The van der Waals surface area contributed by atoms with Crippen molar-refractivity contribution in [3.05, 3.63) is 47.9 Å². The predicted octanol–water partition coefficient (Wildman–Crippen LogP) is 2.86. The van der Waals surface area contributed by atoms with Crippen LogP contribution in [0.3, 0.4) is 0 Å². The number of pyridine rings is 2. The topological polar surface area (TPSA) is 66.9 Å². The second-order valence-electron chi connectivity index (χ2n) is 4.47. The van der Waals surface area contributed by atoms with Crippen LogP contribution in [0.15, 0.2) is 36.7 Å². The van der Waals surface area contributed by atoms with Crippen LogP contribution < -0.4 is 10.6 Å². The number of rotatable bonds is 5. The summed E-state index contributed by atoms with van der Waals surface area (Å²) in [5, 5.41) is 6.00. The van der Waals surface area contributed by atoms with Crippen LogP contribution in [0.5, 0.6) is 0 Å². The molecule has 0 bridgehead atoms. The second kappa shape index (κ2) is 6.65. The summed E-state index contributed by atoms with van der Waals surface area (Å²) in [6.45, 7) is 4.75. The summed E-state index contributed by atoms with van der Waals surface area (Å²) < 4.78 is 0. The molecule has 2 heterocycles. The Morgan fingerprint density at radius 2 is 2.15 bits per heavy atom. The van der Waals surface area contributed by atoms with Gasteiger partial charge in [-0.3, -0.25) is 9.78 Å². The first-order chi connectivity index (χ1) is 9.70. The fraction of sp³-hybridized carbons (Fsp3) is 0.267. The summed E-state index contributed by atoms with van der Waals surface area (Å²) in [6, 6.07) is 7.21. The third-order valence-corrected chi connectivity index (χ3v) is 2.76. The molecule has 1 amide bonds. The molecule has 0 spiro atoms. The van der Waals surface area contributed by atoms with Gasteiger partial charge in [-0.05, 0) is 31.5 Å². The van der Waals surface area contributed by atoms with E-state index in [1.54, 1.807) is 24.5 Å². The first kappa shape index (κ1) is 14.0. The Balaban J connectivity index is 2.16. The monoisotopic (exact) mass is 270 g/mol. The molecule has 20 heavy (non-hydrogen) atoms. The quantitative estimate of drug-likeness (QED) is 0.876. The van der Waals surface area contributed by atoms with Crippen LogP contribution in [0, 0.1) is 6.92 Å². The van der Waals surface area contributed by atoms with Crippen molar-refractivity contribution in [1.82, 2.24) is 9.97 Å². The van der Waals surface area contributed by atoms with Crippen molar-refractivity contribution >= 4 is 17.4 Å². The van der Waals surface area contributed by atoms with Crippen molar-refractivity contribution < 1.29 is 4.79 Å². The number of nitrogens with one attached hydrogen (secondary N) is 2. The van der Waals surface area contributed by atoms with Crippen molar-refractivity contribution in [3.8, 4) is 0 Å². The number of anilines is 2. The molecule has 0 aliphatic heterocycles. The van der Waals surface area contributed by atoms with Gasteiger partial charge in [0.05, 0.1) is 17.4 Å². The highest BCUT2D eigenvalue weighted by atomic mass is 16.1. The van der Waals surface area contributed by atoms with Crippen LogP contribution in [0.4, 0.5) is 11.5 Å². The zero-order valence-corrected chi connectivity index (χ0v) is 11.7. The number of nitrogens with zero attached hydrogens (tertiary/aromatic N) is 2. The zero-order valence-electron chi connectivity index (χ0n) is 11.7. The first-order valence-electron chi connectivity index (χ1n) is 6.63. The second-order valence-corrected chi connectivity index (χ2v) is 4.47. The molecule has 0 unspecified atom stereocenters. The van der Waals surface area contributed by atoms with E-state index in [4.69, 9.17) is 0 Å². The van der Waals surface area contributed by atoms with Crippen LogP contribution in [-0.4, -0.2) is 22.4 Å². The summed E-state index contributed by atoms with van der Waals surface area (Å²) in [5.41, 5.74) is 2.16. The van der Waals surface area contributed by atoms with E-state index in [0.717, 1.165) is 24.3 Å². The summed E-state index contributed by atoms with van der Waals surface area (Å²) in [5.74, 6) is 0.359.